The van der Waals surface area contributed by atoms with Gasteiger partial charge in [0.1, 0.15) is 17.0 Å². The predicted molar refractivity (Wildman–Crippen MR) is 102 cm³/mol. The Kier molecular flexibility index (Phi) is 5.61. The van der Waals surface area contributed by atoms with Gasteiger partial charge in [0, 0.05) is 31.9 Å². The van der Waals surface area contributed by atoms with E-state index in [1.54, 1.807) is 27.7 Å². The van der Waals surface area contributed by atoms with E-state index in [9.17, 15) is 27.6 Å². The summed E-state index contributed by atoms with van der Waals surface area (Å²) in [5.41, 5.74) is -1.94. The Morgan fingerprint density at radius 2 is 1.81 bits per heavy atom. The van der Waals surface area contributed by atoms with Crippen LogP contribution in [0, 0.1) is 0 Å². The normalized spacial score (nSPS) is 19.4. The molecule has 2 saturated heterocycles. The summed E-state index contributed by atoms with van der Waals surface area (Å²) in [5.74, 6) is -2.52. The van der Waals surface area contributed by atoms with Crippen LogP contribution >= 0.6 is 0 Å². The van der Waals surface area contributed by atoms with Gasteiger partial charge in [-0.3, -0.25) is 4.79 Å². The zero-order chi connectivity index (χ0) is 23.2. The number of alkyl halides is 3. The second-order valence-corrected chi connectivity index (χ2v) is 8.40. The number of piperidine rings is 1. The highest BCUT2D eigenvalue weighted by Gasteiger charge is 2.59. The van der Waals surface area contributed by atoms with E-state index in [0.29, 0.717) is 4.90 Å². The van der Waals surface area contributed by atoms with Crippen LogP contribution < -0.4 is 4.90 Å². The van der Waals surface area contributed by atoms with Crippen molar-refractivity contribution in [2.24, 2.45) is 0 Å². The first-order valence-corrected chi connectivity index (χ1v) is 9.84. The molecule has 3 heterocycles. The van der Waals surface area contributed by atoms with Gasteiger partial charge in [0.2, 0.25) is 5.82 Å². The first-order chi connectivity index (χ1) is 14.3. The number of anilines is 1. The van der Waals surface area contributed by atoms with E-state index >= 15 is 0 Å². The van der Waals surface area contributed by atoms with Crippen molar-refractivity contribution in [2.45, 2.75) is 57.9 Å². The number of imide groups is 1. The number of urea groups is 1. The summed E-state index contributed by atoms with van der Waals surface area (Å²) in [7, 11) is 0. The molecule has 9 nitrogen and oxygen atoms in total. The van der Waals surface area contributed by atoms with Gasteiger partial charge in [-0.15, -0.1) is 0 Å². The minimum absolute atomic E-state index is 0.137. The molecular formula is C19H24F3N5O4. The van der Waals surface area contributed by atoms with Crippen molar-refractivity contribution in [1.29, 1.82) is 0 Å². The lowest BCUT2D eigenvalue weighted by Gasteiger charge is -2.41. The molecule has 0 atom stereocenters. The Hall–Kier alpha value is -2.92. The third-order valence-corrected chi connectivity index (χ3v) is 5.22. The van der Waals surface area contributed by atoms with Gasteiger partial charge in [0.25, 0.3) is 5.91 Å². The zero-order valence-corrected chi connectivity index (χ0v) is 17.7. The quantitative estimate of drug-likeness (QED) is 0.652. The van der Waals surface area contributed by atoms with Gasteiger partial charge in [-0.2, -0.15) is 13.2 Å². The number of rotatable bonds is 2. The average molecular weight is 443 g/mol. The van der Waals surface area contributed by atoms with Gasteiger partial charge < -0.3 is 14.5 Å². The fraction of sp³-hybridized carbons (Fsp3) is 0.632. The first kappa shape index (κ1) is 22.8. The molecule has 0 aromatic carbocycles. The van der Waals surface area contributed by atoms with Gasteiger partial charge in [-0.05, 0) is 40.5 Å². The van der Waals surface area contributed by atoms with Crippen LogP contribution in [-0.2, 0) is 15.7 Å². The van der Waals surface area contributed by atoms with Crippen LogP contribution in [0.3, 0.4) is 0 Å². The van der Waals surface area contributed by atoms with Crippen LogP contribution in [0.15, 0.2) is 12.3 Å². The van der Waals surface area contributed by atoms with E-state index in [0.717, 1.165) is 12.3 Å². The number of carbonyl (C=O) groups is 3. The van der Waals surface area contributed by atoms with Gasteiger partial charge in [-0.1, -0.05) is 0 Å². The van der Waals surface area contributed by atoms with Gasteiger partial charge in [0.05, 0.1) is 0 Å². The van der Waals surface area contributed by atoms with Crippen LogP contribution in [0.25, 0.3) is 0 Å². The molecule has 31 heavy (non-hydrogen) atoms. The highest BCUT2D eigenvalue weighted by atomic mass is 19.4. The van der Waals surface area contributed by atoms with Crippen molar-refractivity contribution in [1.82, 2.24) is 19.8 Å². The number of nitrogens with zero attached hydrogens (tertiary/aromatic N) is 5. The molecule has 170 valence electrons. The molecule has 0 aliphatic carbocycles. The third kappa shape index (κ3) is 4.15. The highest BCUT2D eigenvalue weighted by molar-refractivity contribution is 6.22. The molecule has 2 aliphatic heterocycles. The SMILES string of the molecule is CCN1C(=O)N(c2ccnc(C(F)(F)F)n2)C(=O)C12CCN(C(=O)OC(C)(C)C)CC2. The molecule has 12 heteroatoms. The monoisotopic (exact) mass is 443 g/mol. The van der Waals surface area contributed by atoms with Crippen LogP contribution in [-0.4, -0.2) is 68.6 Å². The third-order valence-electron chi connectivity index (χ3n) is 5.22. The Morgan fingerprint density at radius 1 is 1.19 bits per heavy atom. The fourth-order valence-corrected chi connectivity index (χ4v) is 3.83. The molecule has 1 aromatic heterocycles. The molecule has 0 bridgehead atoms. The van der Waals surface area contributed by atoms with Crippen molar-refractivity contribution in [3.05, 3.63) is 18.1 Å². The van der Waals surface area contributed by atoms with Crippen LogP contribution in [0.4, 0.5) is 28.6 Å². The molecule has 0 N–H and O–H groups in total. The molecule has 0 radical (unpaired) electrons. The van der Waals surface area contributed by atoms with Crippen molar-refractivity contribution >= 4 is 23.8 Å². The second kappa shape index (κ2) is 7.65. The smallest absolute Gasteiger partial charge is 0.444 e. The minimum atomic E-state index is -4.82. The lowest BCUT2D eigenvalue weighted by molar-refractivity contribution is -0.145. The van der Waals surface area contributed by atoms with Crippen LogP contribution in [0.5, 0.6) is 0 Å². The molecule has 2 fully saturated rings. The summed E-state index contributed by atoms with van der Waals surface area (Å²) in [6.07, 6.45) is -4.21. The highest BCUT2D eigenvalue weighted by Crippen LogP contribution is 2.39. The molecular weight excluding hydrogens is 419 g/mol. The van der Waals surface area contributed by atoms with Gasteiger partial charge in [-0.25, -0.2) is 24.5 Å². The lowest BCUT2D eigenvalue weighted by atomic mass is 9.86. The molecule has 1 spiro atoms. The maximum absolute atomic E-state index is 13.3. The van der Waals surface area contributed by atoms with E-state index < -0.39 is 47.0 Å². The number of halogens is 3. The van der Waals surface area contributed by atoms with Gasteiger partial charge in [0.15, 0.2) is 0 Å². The zero-order valence-electron chi connectivity index (χ0n) is 17.7. The van der Waals surface area contributed by atoms with Gasteiger partial charge >= 0.3 is 18.3 Å². The number of amides is 4. The van der Waals surface area contributed by atoms with E-state index in [1.807, 2.05) is 0 Å². The molecule has 3 rings (SSSR count). The Balaban J connectivity index is 1.86. The Bertz CT molecular complexity index is 891. The van der Waals surface area contributed by atoms with E-state index in [1.165, 1.54) is 9.80 Å². The van der Waals surface area contributed by atoms with Crippen molar-refractivity contribution in [3.63, 3.8) is 0 Å². The van der Waals surface area contributed by atoms with E-state index in [2.05, 4.69) is 9.97 Å². The number of likely N-dealkylation sites (tertiary alicyclic amines) is 1. The van der Waals surface area contributed by atoms with E-state index in [4.69, 9.17) is 4.74 Å². The summed E-state index contributed by atoms with van der Waals surface area (Å²) < 4.78 is 44.4. The van der Waals surface area contributed by atoms with Crippen molar-refractivity contribution < 1.29 is 32.3 Å². The largest absolute Gasteiger partial charge is 0.451 e. The lowest BCUT2D eigenvalue weighted by Crippen LogP contribution is -2.57. The average Bonchev–Trinajstić information content (AvgIpc) is 2.86. The molecule has 0 saturated carbocycles. The fourth-order valence-electron chi connectivity index (χ4n) is 3.83. The summed E-state index contributed by atoms with van der Waals surface area (Å²) in [4.78, 5) is 48.6. The first-order valence-electron chi connectivity index (χ1n) is 9.84. The maximum atomic E-state index is 13.3. The van der Waals surface area contributed by atoms with E-state index in [-0.39, 0.29) is 32.5 Å². The topological polar surface area (TPSA) is 95.9 Å². The van der Waals surface area contributed by atoms with Crippen LogP contribution in [0.1, 0.15) is 46.4 Å². The maximum Gasteiger partial charge on any atom is 0.451 e. The minimum Gasteiger partial charge on any atom is -0.444 e. The summed E-state index contributed by atoms with van der Waals surface area (Å²) in [5, 5.41) is 0. The summed E-state index contributed by atoms with van der Waals surface area (Å²) in [6, 6.07) is 0.346. The summed E-state index contributed by atoms with van der Waals surface area (Å²) >= 11 is 0. The van der Waals surface area contributed by atoms with Crippen molar-refractivity contribution in [2.75, 3.05) is 24.5 Å². The predicted octanol–water partition coefficient (Wildman–Crippen LogP) is 3.05. The Morgan fingerprint density at radius 3 is 2.32 bits per heavy atom. The Labute approximate surface area is 177 Å². The number of hydrogen-bond acceptors (Lipinski definition) is 6. The standard InChI is InChI=1S/C19H24F3N5O4/c1-5-26-15(29)27(12-6-9-23-13(24-12)19(20,21)22)14(28)18(26)7-10-25(11-8-18)16(30)31-17(2,3)4/h6,9H,5,7-8,10-11H2,1-4H3. The second-order valence-electron chi connectivity index (χ2n) is 8.40. The van der Waals surface area contributed by atoms with Crippen molar-refractivity contribution in [3.8, 4) is 0 Å². The summed E-state index contributed by atoms with van der Waals surface area (Å²) in [6.45, 7) is 7.39. The number of likely N-dealkylation sites (N-methyl/N-ethyl adjacent to an activating group) is 1. The number of carbonyl (C=O) groups excluding carboxylic acids is 3. The molecule has 2 aliphatic rings. The number of aromatic nitrogens is 2. The molecule has 4 amide bonds. The van der Waals surface area contributed by atoms with Crippen LogP contribution in [0.2, 0.25) is 0 Å². The molecule has 1 aromatic rings. The molecule has 0 unspecified atom stereocenters. The number of hydrogen-bond donors (Lipinski definition) is 0. The number of ether oxygens (including phenoxy) is 1.